The second kappa shape index (κ2) is 12.0. The van der Waals surface area contributed by atoms with E-state index < -0.39 is 0 Å². The van der Waals surface area contributed by atoms with Gasteiger partial charge in [0.05, 0.1) is 28.1 Å². The molecule has 0 spiro atoms. The molecule has 0 aliphatic rings. The van der Waals surface area contributed by atoms with Crippen molar-refractivity contribution in [1.29, 1.82) is 0 Å². The molecule has 0 saturated carbocycles. The van der Waals surface area contributed by atoms with Crippen LogP contribution in [0, 0.1) is 0 Å². The second-order valence-corrected chi connectivity index (χ2v) is 9.34. The van der Waals surface area contributed by atoms with Crippen LogP contribution in [0.2, 0.25) is 5.02 Å². The van der Waals surface area contributed by atoms with E-state index in [-0.39, 0.29) is 5.91 Å². The van der Waals surface area contributed by atoms with Crippen molar-refractivity contribution in [1.82, 2.24) is 30.2 Å². The number of ether oxygens (including phenoxy) is 1. The zero-order valence-corrected chi connectivity index (χ0v) is 22.5. The fraction of sp³-hybridized carbons (Fsp3) is 0.250. The van der Waals surface area contributed by atoms with Gasteiger partial charge in [0.25, 0.3) is 0 Å². The maximum Gasteiger partial charge on any atom is 0.230 e. The summed E-state index contributed by atoms with van der Waals surface area (Å²) < 4.78 is 6.20. The van der Waals surface area contributed by atoms with E-state index >= 15 is 0 Å². The molecular weight excluding hydrogens is 516 g/mol. The number of hydrogen-bond donors (Lipinski definition) is 3. The number of H-pyrrole nitrogens is 1. The van der Waals surface area contributed by atoms with Gasteiger partial charge in [0.1, 0.15) is 17.4 Å². The molecule has 5 rings (SSSR count). The number of imidazole rings is 1. The van der Waals surface area contributed by atoms with Crippen molar-refractivity contribution in [2.24, 2.45) is 0 Å². The summed E-state index contributed by atoms with van der Waals surface area (Å²) in [7, 11) is 0. The highest BCUT2D eigenvalue weighted by molar-refractivity contribution is 6.36. The van der Waals surface area contributed by atoms with Gasteiger partial charge in [-0.05, 0) is 42.8 Å². The fourth-order valence-corrected chi connectivity index (χ4v) is 4.46. The Morgan fingerprint density at radius 2 is 1.92 bits per heavy atom. The highest BCUT2D eigenvalue weighted by Crippen LogP contribution is 2.35. The van der Waals surface area contributed by atoms with Crippen LogP contribution in [0.1, 0.15) is 26.1 Å². The number of amides is 1. The predicted molar refractivity (Wildman–Crippen MR) is 153 cm³/mol. The van der Waals surface area contributed by atoms with Crippen molar-refractivity contribution in [2.75, 3.05) is 29.9 Å². The Balaban J connectivity index is 1.45. The lowest BCUT2D eigenvalue weighted by Crippen LogP contribution is -2.35. The number of pyridine rings is 1. The van der Waals surface area contributed by atoms with Crippen molar-refractivity contribution in [2.45, 2.75) is 26.8 Å². The van der Waals surface area contributed by atoms with E-state index in [1.807, 2.05) is 47.4 Å². The molecule has 0 bridgehead atoms. The zero-order valence-electron chi connectivity index (χ0n) is 21.7. The van der Waals surface area contributed by atoms with Crippen molar-refractivity contribution in [3.8, 4) is 11.6 Å². The molecule has 1 amide bonds. The number of aromatic nitrogens is 5. The van der Waals surface area contributed by atoms with Crippen LogP contribution in [-0.4, -0.2) is 50.5 Å². The Kier molecular flexibility index (Phi) is 8.02. The van der Waals surface area contributed by atoms with Crippen LogP contribution in [0.3, 0.4) is 0 Å². The third kappa shape index (κ3) is 6.35. The molecule has 3 N–H and O–H groups in total. The number of nitrogens with zero attached hydrogens (tertiary/aromatic N) is 5. The van der Waals surface area contributed by atoms with Crippen LogP contribution < -0.4 is 20.3 Å². The van der Waals surface area contributed by atoms with Gasteiger partial charge >= 0.3 is 0 Å². The molecule has 0 unspecified atom stereocenters. The minimum atomic E-state index is -0.0851. The smallest absolute Gasteiger partial charge is 0.230 e. The summed E-state index contributed by atoms with van der Waals surface area (Å²) in [6.07, 6.45) is 2.60. The van der Waals surface area contributed by atoms with E-state index in [0.717, 1.165) is 34.2 Å². The molecule has 2 aromatic carbocycles. The minimum absolute atomic E-state index is 0.0851. The minimum Gasteiger partial charge on any atom is -0.437 e. The van der Waals surface area contributed by atoms with Gasteiger partial charge in [-0.1, -0.05) is 30.7 Å². The Morgan fingerprint density at radius 1 is 1.05 bits per heavy atom. The first-order chi connectivity index (χ1) is 19.0. The molecule has 0 saturated heterocycles. The van der Waals surface area contributed by atoms with E-state index in [9.17, 15) is 4.79 Å². The molecule has 3 heterocycles. The summed E-state index contributed by atoms with van der Waals surface area (Å²) in [5.74, 6) is 2.53. The second-order valence-electron chi connectivity index (χ2n) is 8.97. The molecule has 0 atom stereocenters. The summed E-state index contributed by atoms with van der Waals surface area (Å²) in [5, 5.41) is 7.42. The highest BCUT2D eigenvalue weighted by Gasteiger charge is 2.16. The predicted octanol–water partition coefficient (Wildman–Crippen LogP) is 5.31. The monoisotopic (exact) mass is 544 g/mol. The van der Waals surface area contributed by atoms with Crippen LogP contribution in [-0.2, 0) is 11.3 Å². The van der Waals surface area contributed by atoms with E-state index in [4.69, 9.17) is 26.3 Å². The Morgan fingerprint density at radius 3 is 2.74 bits per heavy atom. The molecule has 0 aliphatic carbocycles. The number of aromatic amines is 1. The summed E-state index contributed by atoms with van der Waals surface area (Å²) in [6, 6.07) is 17.0. The van der Waals surface area contributed by atoms with Gasteiger partial charge in [0, 0.05) is 44.2 Å². The number of anilines is 2. The molecule has 200 valence electrons. The number of halogens is 1. The molecule has 10 nitrogen and oxygen atoms in total. The lowest BCUT2D eigenvalue weighted by atomic mass is 10.2. The average molecular weight is 545 g/mol. The van der Waals surface area contributed by atoms with E-state index in [0.29, 0.717) is 54.6 Å². The molecule has 39 heavy (non-hydrogen) atoms. The zero-order chi connectivity index (χ0) is 27.2. The third-order valence-corrected chi connectivity index (χ3v) is 6.39. The Bertz CT molecular complexity index is 1570. The van der Waals surface area contributed by atoms with Crippen LogP contribution in [0.15, 0.2) is 60.8 Å². The maximum atomic E-state index is 11.4. The molecule has 0 fully saturated rings. The Hall–Kier alpha value is -4.44. The average Bonchev–Trinajstić information content (AvgIpc) is 3.36. The summed E-state index contributed by atoms with van der Waals surface area (Å²) in [6.45, 7) is 5.71. The first-order valence-corrected chi connectivity index (χ1v) is 13.1. The molecule has 0 radical (unpaired) electrons. The van der Waals surface area contributed by atoms with Gasteiger partial charge in [-0.25, -0.2) is 4.98 Å². The Labute approximate surface area is 230 Å². The molecule has 5 aromatic rings. The lowest BCUT2D eigenvalue weighted by Gasteiger charge is -2.23. The van der Waals surface area contributed by atoms with Gasteiger partial charge in [-0.2, -0.15) is 9.97 Å². The van der Waals surface area contributed by atoms with Gasteiger partial charge in [-0.3, -0.25) is 9.78 Å². The van der Waals surface area contributed by atoms with Crippen molar-refractivity contribution in [3.63, 3.8) is 0 Å². The van der Waals surface area contributed by atoms with Crippen molar-refractivity contribution >= 4 is 51.2 Å². The normalized spacial score (nSPS) is 11.1. The number of rotatable bonds is 11. The number of benzene rings is 2. The van der Waals surface area contributed by atoms with Crippen LogP contribution >= 0.6 is 11.6 Å². The topological polar surface area (TPSA) is 121 Å². The van der Waals surface area contributed by atoms with Crippen molar-refractivity contribution < 1.29 is 9.53 Å². The van der Waals surface area contributed by atoms with Gasteiger partial charge in [0.15, 0.2) is 0 Å². The quantitative estimate of drug-likeness (QED) is 0.204. The molecular formula is C28H29ClN8O2. The highest BCUT2D eigenvalue weighted by atomic mass is 35.5. The molecule has 11 heteroatoms. The van der Waals surface area contributed by atoms with Crippen LogP contribution in [0.4, 0.5) is 11.8 Å². The molecule has 3 aromatic heterocycles. The number of hydrogen-bond acceptors (Lipinski definition) is 8. The van der Waals surface area contributed by atoms with Gasteiger partial charge < -0.3 is 25.3 Å². The van der Waals surface area contributed by atoms with E-state index in [2.05, 4.69) is 32.5 Å². The number of carbonyl (C=O) groups is 1. The first kappa shape index (κ1) is 26.2. The standard InChI is InChI=1S/C28H29ClN8O2/c1-3-14-37(15-13-30-18(2)38)28-35-24(32-17-25-33-21-8-4-5-9-22(21)34-25)16-26(36-28)39-23-11-10-20-19(27(23)29)7-6-12-31-20/h4-12,16H,3,13-15,17H2,1-2H3,(H,30,38)(H,33,34)(H,32,35,36). The van der Waals surface area contributed by atoms with Crippen molar-refractivity contribution in [3.05, 3.63) is 71.6 Å². The van der Waals surface area contributed by atoms with Crippen LogP contribution in [0.25, 0.3) is 21.9 Å². The lowest BCUT2D eigenvalue weighted by molar-refractivity contribution is -0.118. The largest absolute Gasteiger partial charge is 0.437 e. The maximum absolute atomic E-state index is 11.4. The molecule has 0 aliphatic heterocycles. The SMILES string of the molecule is CCCN(CCNC(C)=O)c1nc(NCc2nc3ccccc3[nH]2)cc(Oc2ccc3ncccc3c2Cl)n1. The number of para-hydroxylation sites is 2. The number of carbonyl (C=O) groups excluding carboxylic acids is 1. The number of fused-ring (bicyclic) bond motifs is 2. The van der Waals surface area contributed by atoms with E-state index in [1.54, 1.807) is 18.3 Å². The summed E-state index contributed by atoms with van der Waals surface area (Å²) in [4.78, 5) is 35.2. The van der Waals surface area contributed by atoms with Gasteiger partial charge in [-0.15, -0.1) is 0 Å². The van der Waals surface area contributed by atoms with Crippen LogP contribution in [0.5, 0.6) is 11.6 Å². The third-order valence-electron chi connectivity index (χ3n) is 6.00. The number of nitrogens with one attached hydrogen (secondary N) is 3. The summed E-state index contributed by atoms with van der Waals surface area (Å²) in [5.41, 5.74) is 2.64. The van der Waals surface area contributed by atoms with Gasteiger partial charge in [0.2, 0.25) is 17.7 Å². The fourth-order valence-electron chi connectivity index (χ4n) is 4.20. The first-order valence-electron chi connectivity index (χ1n) is 12.8. The summed E-state index contributed by atoms with van der Waals surface area (Å²) >= 11 is 6.67. The van der Waals surface area contributed by atoms with E-state index in [1.165, 1.54) is 6.92 Å².